The molecule has 1 fully saturated rings. The Labute approximate surface area is 169 Å². The molecule has 1 aliphatic carbocycles. The van der Waals surface area contributed by atoms with E-state index in [1.165, 1.54) is 17.0 Å². The van der Waals surface area contributed by atoms with Gasteiger partial charge in [-0.1, -0.05) is 0 Å². The fourth-order valence-corrected chi connectivity index (χ4v) is 3.69. The quantitative estimate of drug-likeness (QED) is 0.669. The third-order valence-corrected chi connectivity index (χ3v) is 5.69. The van der Waals surface area contributed by atoms with Crippen LogP contribution in [0.15, 0.2) is 23.4 Å². The molecule has 156 valence electrons. The molecule has 2 aromatic rings. The third kappa shape index (κ3) is 5.66. The van der Waals surface area contributed by atoms with E-state index in [9.17, 15) is 23.2 Å². The van der Waals surface area contributed by atoms with Crippen molar-refractivity contribution in [3.05, 3.63) is 44.5 Å². The Morgan fingerprint density at radius 1 is 1.34 bits per heavy atom. The summed E-state index contributed by atoms with van der Waals surface area (Å²) in [6.45, 7) is 2.47. The van der Waals surface area contributed by atoms with E-state index in [1.807, 2.05) is 0 Å². The summed E-state index contributed by atoms with van der Waals surface area (Å²) in [6.07, 6.45) is 1.38. The largest absolute Gasteiger partial charge is 0.356 e. The first-order valence-corrected chi connectivity index (χ1v) is 9.98. The molecular formula is C18H21F2N5O3S. The highest BCUT2D eigenvalue weighted by atomic mass is 32.1. The second-order valence-corrected chi connectivity index (χ2v) is 8.05. The van der Waals surface area contributed by atoms with Crippen LogP contribution >= 0.6 is 11.3 Å². The first-order valence-electron chi connectivity index (χ1n) is 9.16. The normalized spacial score (nSPS) is 18.3. The van der Waals surface area contributed by atoms with Gasteiger partial charge in [-0.25, -0.2) is 18.7 Å². The summed E-state index contributed by atoms with van der Waals surface area (Å²) in [5, 5.41) is 5.62. The van der Waals surface area contributed by atoms with E-state index in [-0.39, 0.29) is 46.3 Å². The summed E-state index contributed by atoms with van der Waals surface area (Å²) in [6, 6.07) is 1.36. The third-order valence-electron chi connectivity index (χ3n) is 4.69. The van der Waals surface area contributed by atoms with Crippen molar-refractivity contribution >= 4 is 23.2 Å². The average Bonchev–Trinajstić information content (AvgIpc) is 3.13. The maximum atomic E-state index is 12.6. The molecule has 0 aliphatic heterocycles. The zero-order chi connectivity index (χ0) is 21.0. The van der Waals surface area contributed by atoms with Crippen LogP contribution in [0, 0.1) is 12.8 Å². The van der Waals surface area contributed by atoms with E-state index >= 15 is 0 Å². The van der Waals surface area contributed by atoms with Crippen molar-refractivity contribution in [2.75, 3.05) is 6.54 Å². The smallest absolute Gasteiger partial charge is 0.280 e. The number of rotatable bonds is 8. The lowest BCUT2D eigenvalue weighted by Crippen LogP contribution is -2.47. The fraction of sp³-hybridized carbons (Fsp3) is 0.500. The predicted octanol–water partition coefficient (Wildman–Crippen LogP) is 1.66. The molecule has 0 aromatic carbocycles. The van der Waals surface area contributed by atoms with Gasteiger partial charge in [0.2, 0.25) is 5.91 Å². The lowest BCUT2D eigenvalue weighted by atomic mass is 9.80. The minimum Gasteiger partial charge on any atom is -0.356 e. The monoisotopic (exact) mass is 425 g/mol. The number of amides is 2. The fourth-order valence-electron chi connectivity index (χ4n) is 3.01. The molecule has 3 rings (SSSR count). The molecule has 0 bridgehead atoms. The van der Waals surface area contributed by atoms with Gasteiger partial charge in [0.1, 0.15) is 0 Å². The molecular weight excluding hydrogens is 404 g/mol. The standard InChI is InChI=1S/C18H21F2N5O3S/c1-10-4-15(27)25(9-23-10)3-2-14(26)21-7-11-5-12(6-11)24-17(28)18-22-8-13(29-18)16(19)20/h4,8-9,11-12,16H,2-3,5-7H2,1H3,(H,21,26)(H,24,28). The Morgan fingerprint density at radius 3 is 2.76 bits per heavy atom. The van der Waals surface area contributed by atoms with Crippen LogP contribution in [0.2, 0.25) is 0 Å². The lowest BCUT2D eigenvalue weighted by Gasteiger charge is -2.35. The first-order chi connectivity index (χ1) is 13.8. The molecule has 0 saturated heterocycles. The minimum absolute atomic E-state index is 0.0258. The summed E-state index contributed by atoms with van der Waals surface area (Å²) in [4.78, 5) is 43.3. The highest BCUT2D eigenvalue weighted by Crippen LogP contribution is 2.28. The Bertz CT molecular complexity index is 940. The number of aromatic nitrogens is 3. The van der Waals surface area contributed by atoms with E-state index in [2.05, 4.69) is 20.6 Å². The van der Waals surface area contributed by atoms with Crippen molar-refractivity contribution in [3.63, 3.8) is 0 Å². The lowest BCUT2D eigenvalue weighted by molar-refractivity contribution is -0.121. The number of nitrogens with one attached hydrogen (secondary N) is 2. The molecule has 0 unspecified atom stereocenters. The number of hydrogen-bond acceptors (Lipinski definition) is 6. The molecule has 8 nitrogen and oxygen atoms in total. The summed E-state index contributed by atoms with van der Waals surface area (Å²) < 4.78 is 26.5. The molecule has 1 aliphatic rings. The summed E-state index contributed by atoms with van der Waals surface area (Å²) in [7, 11) is 0. The van der Waals surface area contributed by atoms with E-state index in [0.29, 0.717) is 36.4 Å². The molecule has 11 heteroatoms. The number of hydrogen-bond donors (Lipinski definition) is 2. The van der Waals surface area contributed by atoms with Crippen molar-refractivity contribution in [2.45, 2.75) is 45.2 Å². The van der Waals surface area contributed by atoms with Crippen molar-refractivity contribution in [1.82, 2.24) is 25.2 Å². The van der Waals surface area contributed by atoms with E-state index < -0.39 is 12.3 Å². The van der Waals surface area contributed by atoms with E-state index in [1.54, 1.807) is 6.92 Å². The number of nitrogens with zero attached hydrogens (tertiary/aromatic N) is 3. The van der Waals surface area contributed by atoms with Gasteiger partial charge in [-0.3, -0.25) is 19.0 Å². The molecule has 2 heterocycles. The molecule has 0 spiro atoms. The zero-order valence-corrected chi connectivity index (χ0v) is 16.5. The van der Waals surface area contributed by atoms with E-state index in [4.69, 9.17) is 0 Å². The Morgan fingerprint density at radius 2 is 2.10 bits per heavy atom. The van der Waals surface area contributed by atoms with Crippen LogP contribution in [0.5, 0.6) is 0 Å². The molecule has 1 saturated carbocycles. The second-order valence-electron chi connectivity index (χ2n) is 6.99. The molecule has 2 N–H and O–H groups in total. The number of aryl methyl sites for hydroxylation is 2. The van der Waals surface area contributed by atoms with Crippen molar-refractivity contribution in [2.24, 2.45) is 5.92 Å². The number of thiazole rings is 1. The van der Waals surface area contributed by atoms with Gasteiger partial charge in [0, 0.05) is 43.5 Å². The van der Waals surface area contributed by atoms with Crippen LogP contribution in [-0.2, 0) is 11.3 Å². The number of halogens is 2. The number of carbonyl (C=O) groups excluding carboxylic acids is 2. The van der Waals surface area contributed by atoms with Gasteiger partial charge < -0.3 is 10.6 Å². The van der Waals surface area contributed by atoms with Crippen molar-refractivity contribution in [1.29, 1.82) is 0 Å². The Balaban J connectivity index is 1.33. The van der Waals surface area contributed by atoms with E-state index in [0.717, 1.165) is 6.20 Å². The maximum Gasteiger partial charge on any atom is 0.280 e. The Hall–Kier alpha value is -2.69. The van der Waals surface area contributed by atoms with Gasteiger partial charge in [0.25, 0.3) is 17.9 Å². The van der Waals surface area contributed by atoms with Crippen LogP contribution in [0.25, 0.3) is 0 Å². The van der Waals surface area contributed by atoms with Crippen LogP contribution in [0.4, 0.5) is 8.78 Å². The van der Waals surface area contributed by atoms with Gasteiger partial charge in [-0.05, 0) is 25.7 Å². The topological polar surface area (TPSA) is 106 Å². The molecule has 2 aromatic heterocycles. The molecule has 2 amide bonds. The van der Waals surface area contributed by atoms with Crippen LogP contribution in [0.1, 0.15) is 46.1 Å². The van der Waals surface area contributed by atoms with Crippen molar-refractivity contribution < 1.29 is 18.4 Å². The Kier molecular flexibility index (Phi) is 6.68. The highest BCUT2D eigenvalue weighted by molar-refractivity contribution is 7.13. The summed E-state index contributed by atoms with van der Waals surface area (Å²) in [5.74, 6) is -0.375. The molecule has 29 heavy (non-hydrogen) atoms. The highest BCUT2D eigenvalue weighted by Gasteiger charge is 2.31. The maximum absolute atomic E-state index is 12.6. The zero-order valence-electron chi connectivity index (χ0n) is 15.7. The summed E-state index contributed by atoms with van der Waals surface area (Å²) >= 11 is 0.687. The SMILES string of the molecule is Cc1cc(=O)n(CCC(=O)NCC2CC(NC(=O)c3ncc(C(F)F)s3)C2)cn1. The average molecular weight is 425 g/mol. The predicted molar refractivity (Wildman–Crippen MR) is 102 cm³/mol. The molecule has 0 atom stereocenters. The van der Waals surface area contributed by atoms with Gasteiger partial charge >= 0.3 is 0 Å². The second kappa shape index (κ2) is 9.21. The van der Waals surface area contributed by atoms with Gasteiger partial charge in [-0.15, -0.1) is 11.3 Å². The molecule has 0 radical (unpaired) electrons. The van der Waals surface area contributed by atoms with Crippen LogP contribution in [-0.4, -0.2) is 38.9 Å². The number of carbonyl (C=O) groups is 2. The van der Waals surface area contributed by atoms with Gasteiger partial charge in [-0.2, -0.15) is 0 Å². The summed E-state index contributed by atoms with van der Waals surface area (Å²) in [5.41, 5.74) is 0.440. The number of alkyl halides is 2. The van der Waals surface area contributed by atoms with Crippen LogP contribution in [0.3, 0.4) is 0 Å². The van der Waals surface area contributed by atoms with Crippen molar-refractivity contribution in [3.8, 4) is 0 Å². The van der Waals surface area contributed by atoms with Gasteiger partial charge in [0.15, 0.2) is 5.01 Å². The van der Waals surface area contributed by atoms with Crippen LogP contribution < -0.4 is 16.2 Å². The first kappa shape index (κ1) is 21.0. The minimum atomic E-state index is -2.63. The van der Waals surface area contributed by atoms with Gasteiger partial charge in [0.05, 0.1) is 11.2 Å².